The number of hydrogen-bond acceptors (Lipinski definition) is 6. The van der Waals surface area contributed by atoms with Crippen molar-refractivity contribution in [3.05, 3.63) is 60.8 Å². The van der Waals surface area contributed by atoms with Gasteiger partial charge in [-0.25, -0.2) is 0 Å². The molecular weight excluding hydrogens is 960 g/mol. The number of quaternary nitrogens is 1. The number of allylic oxidation sites excluding steroid dienone is 9. The van der Waals surface area contributed by atoms with E-state index < -0.39 is 26.6 Å². The van der Waals surface area contributed by atoms with E-state index in [1.165, 1.54) is 238 Å². The van der Waals surface area contributed by atoms with Crippen LogP contribution in [-0.2, 0) is 18.4 Å². The SMILES string of the molecule is CCCCCCC/C=C\C/C=C\C/C=C\CCCCCCCCCCCCCCCCCCC(=O)NC(COP(=O)([O-])OCC[N+](C)(C)C)C(O)/C=C/CC/C=C/CCCCCCCCCCCCCCCCCCC. The van der Waals surface area contributed by atoms with Gasteiger partial charge in [0.25, 0.3) is 7.82 Å². The van der Waals surface area contributed by atoms with Gasteiger partial charge in [0.1, 0.15) is 13.2 Å². The summed E-state index contributed by atoms with van der Waals surface area (Å²) < 4.78 is 23.4. The summed E-state index contributed by atoms with van der Waals surface area (Å²) in [6, 6.07) is -0.906. The van der Waals surface area contributed by atoms with Crippen molar-refractivity contribution in [3.63, 3.8) is 0 Å². The number of carbonyl (C=O) groups excluding carboxylic acids is 1. The molecule has 1 amide bonds. The molecule has 0 heterocycles. The Hall–Kier alpha value is -1.80. The van der Waals surface area contributed by atoms with Crippen LogP contribution in [0.3, 0.4) is 0 Å². The number of nitrogens with one attached hydrogen (secondary N) is 1. The summed E-state index contributed by atoms with van der Waals surface area (Å²) in [6.45, 7) is 4.65. The van der Waals surface area contributed by atoms with Gasteiger partial charge in [0.2, 0.25) is 5.91 Å². The summed E-state index contributed by atoms with van der Waals surface area (Å²) >= 11 is 0. The van der Waals surface area contributed by atoms with E-state index in [2.05, 4.69) is 67.8 Å². The van der Waals surface area contributed by atoms with Crippen LogP contribution < -0.4 is 10.2 Å². The summed E-state index contributed by atoms with van der Waals surface area (Å²) in [5.74, 6) is -0.204. The third-order valence-corrected chi connectivity index (χ3v) is 15.7. The molecule has 0 aliphatic carbocycles. The number of carbonyl (C=O) groups is 1. The van der Waals surface area contributed by atoms with Gasteiger partial charge in [0, 0.05) is 6.42 Å². The number of rotatable bonds is 60. The zero-order chi connectivity index (χ0) is 55.6. The lowest BCUT2D eigenvalue weighted by molar-refractivity contribution is -0.870. The highest BCUT2D eigenvalue weighted by Gasteiger charge is 2.23. The van der Waals surface area contributed by atoms with Crippen LogP contribution in [0.2, 0.25) is 0 Å². The van der Waals surface area contributed by atoms with Crippen molar-refractivity contribution < 1.29 is 32.9 Å². The van der Waals surface area contributed by atoms with Crippen LogP contribution in [0, 0.1) is 0 Å². The molecule has 0 aliphatic rings. The van der Waals surface area contributed by atoms with E-state index in [9.17, 15) is 19.4 Å². The highest BCUT2D eigenvalue weighted by molar-refractivity contribution is 7.45. The zero-order valence-electron chi connectivity index (χ0n) is 51.0. The molecule has 3 atom stereocenters. The quantitative estimate of drug-likeness (QED) is 0.0272. The van der Waals surface area contributed by atoms with E-state index in [4.69, 9.17) is 9.05 Å². The first-order valence-electron chi connectivity index (χ1n) is 32.7. The second-order valence-electron chi connectivity index (χ2n) is 23.5. The topological polar surface area (TPSA) is 108 Å². The van der Waals surface area contributed by atoms with Crippen molar-refractivity contribution in [3.8, 4) is 0 Å². The third kappa shape index (κ3) is 59.9. The molecule has 446 valence electrons. The van der Waals surface area contributed by atoms with Crippen LogP contribution in [0.15, 0.2) is 60.8 Å². The molecule has 0 saturated carbocycles. The Bertz CT molecular complexity index is 1420. The van der Waals surface area contributed by atoms with Gasteiger partial charge in [-0.15, -0.1) is 0 Å². The summed E-state index contributed by atoms with van der Waals surface area (Å²) in [5, 5.41) is 13.9. The second kappa shape index (κ2) is 57.9. The van der Waals surface area contributed by atoms with E-state index in [1.54, 1.807) is 6.08 Å². The van der Waals surface area contributed by atoms with Crippen molar-refractivity contribution in [2.24, 2.45) is 0 Å². The van der Waals surface area contributed by atoms with Crippen molar-refractivity contribution in [1.29, 1.82) is 0 Å². The van der Waals surface area contributed by atoms with Crippen molar-refractivity contribution >= 4 is 13.7 Å². The molecule has 0 aromatic carbocycles. The molecule has 76 heavy (non-hydrogen) atoms. The van der Waals surface area contributed by atoms with Crippen molar-refractivity contribution in [2.45, 2.75) is 321 Å². The fraction of sp³-hybridized carbons (Fsp3) is 0.836. The van der Waals surface area contributed by atoms with Crippen LogP contribution in [0.25, 0.3) is 0 Å². The largest absolute Gasteiger partial charge is 0.756 e. The molecule has 9 heteroatoms. The predicted molar refractivity (Wildman–Crippen MR) is 330 cm³/mol. The molecule has 0 fully saturated rings. The van der Waals surface area contributed by atoms with Crippen molar-refractivity contribution in [2.75, 3.05) is 40.9 Å². The highest BCUT2D eigenvalue weighted by Crippen LogP contribution is 2.38. The standard InChI is InChI=1S/C67H127N2O6P/c1-6-8-10-12-14-16-18-20-22-24-26-28-30-31-32-33-34-35-36-37-39-41-43-45-47-49-51-53-55-57-59-61-67(71)68-65(64-75-76(72,73)74-63-62-69(3,4)5)66(70)60-58-56-54-52-50-48-46-44-42-40-38-29-27-25-23-21-19-17-15-13-11-9-7-2/h18,20,24,26,30-31,50,52,58,60,65-66,70H,6-17,19,21-23,25,27-29,32-49,51,53-57,59,61-64H2,1-5H3,(H-,68,71,72,73)/b20-18-,26-24-,31-30-,52-50+,60-58+. The van der Waals surface area contributed by atoms with Gasteiger partial charge in [-0.05, 0) is 70.6 Å². The van der Waals surface area contributed by atoms with Gasteiger partial charge in [0.05, 0.1) is 39.9 Å². The average molecular weight is 1090 g/mol. The van der Waals surface area contributed by atoms with E-state index in [0.717, 1.165) is 51.4 Å². The first-order valence-corrected chi connectivity index (χ1v) is 34.1. The number of aliphatic hydroxyl groups excluding tert-OH is 1. The van der Waals surface area contributed by atoms with Crippen LogP contribution in [-0.4, -0.2) is 68.5 Å². The van der Waals surface area contributed by atoms with Gasteiger partial charge < -0.3 is 28.8 Å². The van der Waals surface area contributed by atoms with E-state index in [-0.39, 0.29) is 12.5 Å². The lowest BCUT2D eigenvalue weighted by atomic mass is 10.0. The number of unbranched alkanes of at least 4 members (excludes halogenated alkanes) is 39. The van der Waals surface area contributed by atoms with Gasteiger partial charge in [-0.2, -0.15) is 0 Å². The minimum absolute atomic E-state index is 0.00678. The van der Waals surface area contributed by atoms with E-state index in [1.807, 2.05) is 27.2 Å². The second-order valence-corrected chi connectivity index (χ2v) is 24.9. The number of phosphoric ester groups is 1. The molecule has 8 nitrogen and oxygen atoms in total. The first kappa shape index (κ1) is 74.2. The molecule has 0 rings (SSSR count). The Kier molecular flexibility index (Phi) is 56.5. The Morgan fingerprint density at radius 3 is 1.16 bits per heavy atom. The molecule has 0 aromatic rings. The summed E-state index contributed by atoms with van der Waals surface area (Å²) in [6.07, 6.45) is 79.0. The number of amides is 1. The monoisotopic (exact) mass is 1090 g/mol. The van der Waals surface area contributed by atoms with Gasteiger partial charge in [-0.1, -0.05) is 293 Å². The molecule has 0 radical (unpaired) electrons. The maximum Gasteiger partial charge on any atom is 0.268 e. The fourth-order valence-corrected chi connectivity index (χ4v) is 10.3. The van der Waals surface area contributed by atoms with Crippen LogP contribution in [0.1, 0.15) is 309 Å². The molecule has 2 N–H and O–H groups in total. The number of phosphoric acid groups is 1. The summed E-state index contributed by atoms with van der Waals surface area (Å²) in [4.78, 5) is 25.6. The molecular formula is C67H127N2O6P. The zero-order valence-corrected chi connectivity index (χ0v) is 51.9. The Morgan fingerprint density at radius 2 is 0.776 bits per heavy atom. The van der Waals surface area contributed by atoms with Gasteiger partial charge >= 0.3 is 0 Å². The minimum atomic E-state index is -4.61. The summed E-state index contributed by atoms with van der Waals surface area (Å²) in [7, 11) is 1.25. The maximum absolute atomic E-state index is 13.0. The normalized spacial score (nSPS) is 14.1. The van der Waals surface area contributed by atoms with Crippen LogP contribution in [0.4, 0.5) is 0 Å². The first-order chi connectivity index (χ1) is 37.0. The minimum Gasteiger partial charge on any atom is -0.756 e. The number of hydrogen-bond donors (Lipinski definition) is 2. The highest BCUT2D eigenvalue weighted by atomic mass is 31.2. The van der Waals surface area contributed by atoms with E-state index >= 15 is 0 Å². The smallest absolute Gasteiger partial charge is 0.268 e. The van der Waals surface area contributed by atoms with Crippen LogP contribution in [0.5, 0.6) is 0 Å². The van der Waals surface area contributed by atoms with Gasteiger partial charge in [0.15, 0.2) is 0 Å². The fourth-order valence-electron chi connectivity index (χ4n) is 9.59. The maximum atomic E-state index is 13.0. The number of nitrogens with zero attached hydrogens (tertiary/aromatic N) is 1. The lowest BCUT2D eigenvalue weighted by Gasteiger charge is -2.29. The Balaban J connectivity index is 4.13. The number of likely N-dealkylation sites (N-methyl/N-ethyl adjacent to an activating group) is 1. The molecule has 0 spiro atoms. The number of aliphatic hydroxyl groups is 1. The van der Waals surface area contributed by atoms with Gasteiger partial charge in [-0.3, -0.25) is 9.36 Å². The molecule has 0 aromatic heterocycles. The lowest BCUT2D eigenvalue weighted by Crippen LogP contribution is -2.45. The summed E-state index contributed by atoms with van der Waals surface area (Å²) in [5.41, 5.74) is 0. The predicted octanol–water partition coefficient (Wildman–Crippen LogP) is 19.8. The molecule has 0 aliphatic heterocycles. The Morgan fingerprint density at radius 1 is 0.461 bits per heavy atom. The van der Waals surface area contributed by atoms with E-state index in [0.29, 0.717) is 17.4 Å². The Labute approximate surface area is 472 Å². The molecule has 0 bridgehead atoms. The third-order valence-electron chi connectivity index (χ3n) is 14.7. The molecule has 3 unspecified atom stereocenters. The average Bonchev–Trinajstić information content (AvgIpc) is 3.38. The van der Waals surface area contributed by atoms with Crippen LogP contribution >= 0.6 is 7.82 Å². The molecule has 0 saturated heterocycles. The van der Waals surface area contributed by atoms with Crippen molar-refractivity contribution in [1.82, 2.24) is 5.32 Å².